The molecule has 140 valence electrons. The van der Waals surface area contributed by atoms with Crippen molar-refractivity contribution in [1.82, 2.24) is 0 Å². The Kier molecular flexibility index (Phi) is 4.63. The Hall–Kier alpha value is -2.96. The maximum Gasteiger partial charge on any atom is 0.416 e. The van der Waals surface area contributed by atoms with E-state index in [2.05, 4.69) is 0 Å². The van der Waals surface area contributed by atoms with E-state index in [-0.39, 0.29) is 16.9 Å². The van der Waals surface area contributed by atoms with Crippen LogP contribution in [0.3, 0.4) is 0 Å². The molecule has 0 spiro atoms. The Morgan fingerprint density at radius 1 is 0.519 bits per heavy atom. The van der Waals surface area contributed by atoms with Gasteiger partial charge in [-0.3, -0.25) is 0 Å². The van der Waals surface area contributed by atoms with Crippen LogP contribution in [-0.4, -0.2) is 5.11 Å². The molecule has 0 atom stereocenters. The summed E-state index contributed by atoms with van der Waals surface area (Å²) in [6.45, 7) is 0. The van der Waals surface area contributed by atoms with Crippen LogP contribution in [0.2, 0.25) is 0 Å². The van der Waals surface area contributed by atoms with E-state index in [1.54, 1.807) is 6.07 Å². The summed E-state index contributed by atoms with van der Waals surface area (Å²) in [4.78, 5) is 0. The van der Waals surface area contributed by atoms with E-state index >= 15 is 0 Å². The third-order valence-corrected chi connectivity index (χ3v) is 4.08. The van der Waals surface area contributed by atoms with Gasteiger partial charge in [0, 0.05) is 11.1 Å². The summed E-state index contributed by atoms with van der Waals surface area (Å²) in [5.74, 6) is -0.225. The van der Waals surface area contributed by atoms with Crippen molar-refractivity contribution in [1.29, 1.82) is 0 Å². The summed E-state index contributed by atoms with van der Waals surface area (Å²) in [6, 6.07) is 13.1. The van der Waals surface area contributed by atoms with Crippen LogP contribution in [0.4, 0.5) is 26.3 Å². The molecule has 0 heterocycles. The zero-order valence-corrected chi connectivity index (χ0v) is 13.6. The topological polar surface area (TPSA) is 20.2 Å². The summed E-state index contributed by atoms with van der Waals surface area (Å²) in [5.41, 5.74) is -0.361. The highest BCUT2D eigenvalue weighted by Crippen LogP contribution is 2.40. The van der Waals surface area contributed by atoms with Crippen molar-refractivity contribution in [2.45, 2.75) is 12.4 Å². The normalized spacial score (nSPS) is 12.2. The summed E-state index contributed by atoms with van der Waals surface area (Å²) >= 11 is 0. The molecule has 1 N–H and O–H groups in total. The highest BCUT2D eigenvalue weighted by Gasteiger charge is 2.31. The Bertz CT molecular complexity index is 862. The number of hydrogen-bond acceptors (Lipinski definition) is 1. The average Bonchev–Trinajstić information content (AvgIpc) is 2.61. The molecule has 0 fully saturated rings. The lowest BCUT2D eigenvalue weighted by Gasteiger charge is -2.13. The molecule has 1 nitrogen and oxygen atoms in total. The van der Waals surface area contributed by atoms with Crippen LogP contribution in [0, 0.1) is 0 Å². The lowest BCUT2D eigenvalue weighted by molar-refractivity contribution is -0.138. The molecule has 27 heavy (non-hydrogen) atoms. The molecule has 7 heteroatoms. The van der Waals surface area contributed by atoms with Crippen LogP contribution in [-0.2, 0) is 12.4 Å². The van der Waals surface area contributed by atoms with E-state index in [0.717, 1.165) is 24.3 Å². The SMILES string of the molecule is Oc1c(-c2ccc(C(F)(F)F)cc2)cccc1-c1ccc(C(F)(F)F)cc1. The van der Waals surface area contributed by atoms with Gasteiger partial charge in [0.15, 0.2) is 0 Å². The first kappa shape index (κ1) is 18.8. The van der Waals surface area contributed by atoms with Gasteiger partial charge in [-0.15, -0.1) is 0 Å². The molecule has 0 radical (unpaired) electrons. The van der Waals surface area contributed by atoms with Crippen molar-refractivity contribution < 1.29 is 31.4 Å². The van der Waals surface area contributed by atoms with Gasteiger partial charge in [0.25, 0.3) is 0 Å². The monoisotopic (exact) mass is 382 g/mol. The number of para-hydroxylation sites is 1. The van der Waals surface area contributed by atoms with Crippen LogP contribution in [0.1, 0.15) is 11.1 Å². The Labute approximate surface area is 150 Å². The second-order valence-corrected chi connectivity index (χ2v) is 5.85. The summed E-state index contributed by atoms with van der Waals surface area (Å²) in [5, 5.41) is 10.5. The summed E-state index contributed by atoms with van der Waals surface area (Å²) in [6.07, 6.45) is -8.94. The van der Waals surface area contributed by atoms with E-state index in [0.29, 0.717) is 11.1 Å². The molecule has 3 aromatic carbocycles. The number of phenolic OH excluding ortho intramolecular Hbond substituents is 1. The summed E-state index contributed by atoms with van der Waals surface area (Å²) in [7, 11) is 0. The molecular formula is C20H12F6O. The van der Waals surface area contributed by atoms with E-state index in [4.69, 9.17) is 0 Å². The van der Waals surface area contributed by atoms with Gasteiger partial charge < -0.3 is 5.11 Å². The largest absolute Gasteiger partial charge is 0.507 e. The molecule has 0 saturated heterocycles. The van der Waals surface area contributed by atoms with Crippen LogP contribution < -0.4 is 0 Å². The van der Waals surface area contributed by atoms with Crippen molar-refractivity contribution in [2.75, 3.05) is 0 Å². The molecule has 0 aliphatic heterocycles. The molecule has 0 saturated carbocycles. The van der Waals surface area contributed by atoms with Crippen molar-refractivity contribution in [3.63, 3.8) is 0 Å². The molecule has 0 aliphatic carbocycles. The Morgan fingerprint density at radius 2 is 0.852 bits per heavy atom. The van der Waals surface area contributed by atoms with E-state index < -0.39 is 23.5 Å². The van der Waals surface area contributed by atoms with Gasteiger partial charge in [-0.2, -0.15) is 26.3 Å². The number of halogens is 6. The number of hydrogen-bond donors (Lipinski definition) is 1. The highest BCUT2D eigenvalue weighted by atomic mass is 19.4. The summed E-state index contributed by atoms with van der Waals surface area (Å²) < 4.78 is 76.0. The number of benzene rings is 3. The molecule has 3 aromatic rings. The van der Waals surface area contributed by atoms with Gasteiger partial charge in [-0.1, -0.05) is 42.5 Å². The lowest BCUT2D eigenvalue weighted by atomic mass is 9.96. The molecule has 0 bridgehead atoms. The first-order chi connectivity index (χ1) is 12.6. The van der Waals surface area contributed by atoms with Crippen molar-refractivity contribution >= 4 is 0 Å². The van der Waals surface area contributed by atoms with Crippen molar-refractivity contribution in [3.8, 4) is 28.0 Å². The average molecular weight is 382 g/mol. The maximum atomic E-state index is 12.7. The highest BCUT2D eigenvalue weighted by molar-refractivity contribution is 5.82. The Balaban J connectivity index is 1.99. The number of alkyl halides is 6. The predicted molar refractivity (Wildman–Crippen MR) is 89.0 cm³/mol. The first-order valence-electron chi connectivity index (χ1n) is 7.74. The van der Waals surface area contributed by atoms with E-state index in [1.807, 2.05) is 0 Å². The van der Waals surface area contributed by atoms with Gasteiger partial charge >= 0.3 is 12.4 Å². The molecule has 3 rings (SSSR count). The van der Waals surface area contributed by atoms with Crippen LogP contribution in [0.15, 0.2) is 66.7 Å². The minimum Gasteiger partial charge on any atom is -0.507 e. The van der Waals surface area contributed by atoms with Gasteiger partial charge in [-0.05, 0) is 35.4 Å². The molecular weight excluding hydrogens is 370 g/mol. The predicted octanol–water partition coefficient (Wildman–Crippen LogP) is 6.76. The van der Waals surface area contributed by atoms with Crippen LogP contribution >= 0.6 is 0 Å². The minimum atomic E-state index is -4.47. The molecule has 0 aromatic heterocycles. The van der Waals surface area contributed by atoms with Crippen LogP contribution in [0.5, 0.6) is 5.75 Å². The third-order valence-electron chi connectivity index (χ3n) is 4.08. The Morgan fingerprint density at radius 3 is 1.15 bits per heavy atom. The van der Waals surface area contributed by atoms with Gasteiger partial charge in [0.2, 0.25) is 0 Å². The fourth-order valence-electron chi connectivity index (χ4n) is 2.69. The minimum absolute atomic E-state index is 0.225. The lowest BCUT2D eigenvalue weighted by Crippen LogP contribution is -2.04. The van der Waals surface area contributed by atoms with E-state index in [9.17, 15) is 31.4 Å². The third kappa shape index (κ3) is 3.92. The molecule has 0 unspecified atom stereocenters. The van der Waals surface area contributed by atoms with Gasteiger partial charge in [0.05, 0.1) is 11.1 Å². The number of phenols is 1. The number of aromatic hydroxyl groups is 1. The smallest absolute Gasteiger partial charge is 0.416 e. The van der Waals surface area contributed by atoms with E-state index in [1.165, 1.54) is 36.4 Å². The standard InChI is InChI=1S/C20H12F6O/c21-19(22,23)14-8-4-12(5-9-14)16-2-1-3-17(18(16)27)13-6-10-15(11-7-13)20(24,25)26/h1-11,27H. The molecule has 0 aliphatic rings. The zero-order valence-electron chi connectivity index (χ0n) is 13.6. The fraction of sp³-hybridized carbons (Fsp3) is 0.100. The van der Waals surface area contributed by atoms with Gasteiger partial charge in [0.1, 0.15) is 5.75 Å². The quantitative estimate of drug-likeness (QED) is 0.485. The first-order valence-corrected chi connectivity index (χ1v) is 7.74. The van der Waals surface area contributed by atoms with Gasteiger partial charge in [-0.25, -0.2) is 0 Å². The second kappa shape index (κ2) is 6.64. The zero-order chi connectivity index (χ0) is 19.8. The van der Waals surface area contributed by atoms with Crippen molar-refractivity contribution in [3.05, 3.63) is 77.9 Å². The maximum absolute atomic E-state index is 12.7. The molecule has 0 amide bonds. The number of rotatable bonds is 2. The van der Waals surface area contributed by atoms with Crippen LogP contribution in [0.25, 0.3) is 22.3 Å². The van der Waals surface area contributed by atoms with Crippen molar-refractivity contribution in [2.24, 2.45) is 0 Å². The fourth-order valence-corrected chi connectivity index (χ4v) is 2.69. The second-order valence-electron chi connectivity index (χ2n) is 5.85.